The Balaban J connectivity index is 1.35. The number of benzene rings is 1. The van der Waals surface area contributed by atoms with Gasteiger partial charge >= 0.3 is 0 Å². The molecule has 1 aliphatic carbocycles. The van der Waals surface area contributed by atoms with Crippen LogP contribution in [0.1, 0.15) is 63.4 Å². The first-order valence-electron chi connectivity index (χ1n) is 11.6. The van der Waals surface area contributed by atoms with Crippen LogP contribution in [0.15, 0.2) is 29.2 Å². The highest BCUT2D eigenvalue weighted by Crippen LogP contribution is 2.33. The SMILES string of the molecule is C[C@H](C(=O)N1CCCC1)N1CCN(S(=O)(=O)c2ccc(C3CCCCC3)cc2)CC1. The maximum Gasteiger partial charge on any atom is 0.243 e. The summed E-state index contributed by atoms with van der Waals surface area (Å²) in [6.45, 7) is 5.73. The van der Waals surface area contributed by atoms with Crippen LogP contribution in [0.3, 0.4) is 0 Å². The van der Waals surface area contributed by atoms with Gasteiger partial charge in [-0.15, -0.1) is 0 Å². The second-order valence-corrected chi connectivity index (χ2v) is 11.0. The molecule has 1 amide bonds. The van der Waals surface area contributed by atoms with Gasteiger partial charge in [-0.1, -0.05) is 31.4 Å². The van der Waals surface area contributed by atoms with Crippen molar-refractivity contribution < 1.29 is 13.2 Å². The largest absolute Gasteiger partial charge is 0.341 e. The van der Waals surface area contributed by atoms with E-state index in [0.717, 1.165) is 25.9 Å². The Labute approximate surface area is 181 Å². The van der Waals surface area contributed by atoms with Crippen molar-refractivity contribution in [3.8, 4) is 0 Å². The third kappa shape index (κ3) is 4.58. The van der Waals surface area contributed by atoms with Crippen LogP contribution in [0.2, 0.25) is 0 Å². The molecule has 166 valence electrons. The summed E-state index contributed by atoms with van der Waals surface area (Å²) in [5.74, 6) is 0.760. The minimum absolute atomic E-state index is 0.178. The van der Waals surface area contributed by atoms with Gasteiger partial charge in [0.1, 0.15) is 0 Å². The molecule has 0 radical (unpaired) electrons. The maximum absolute atomic E-state index is 13.1. The number of carbonyl (C=O) groups excluding carboxylic acids is 1. The van der Waals surface area contributed by atoms with Crippen LogP contribution in [0.5, 0.6) is 0 Å². The topological polar surface area (TPSA) is 60.9 Å². The second-order valence-electron chi connectivity index (χ2n) is 9.05. The van der Waals surface area contributed by atoms with Crippen LogP contribution in [0, 0.1) is 0 Å². The number of piperazine rings is 1. The normalized spacial score (nSPS) is 23.6. The van der Waals surface area contributed by atoms with Crippen LogP contribution in [0.4, 0.5) is 0 Å². The molecule has 0 spiro atoms. The minimum atomic E-state index is -3.48. The first-order valence-corrected chi connectivity index (χ1v) is 13.0. The number of carbonyl (C=O) groups is 1. The van der Waals surface area contributed by atoms with Gasteiger partial charge in [-0.25, -0.2) is 8.42 Å². The molecule has 1 atom stereocenters. The monoisotopic (exact) mass is 433 g/mol. The summed E-state index contributed by atoms with van der Waals surface area (Å²) in [6, 6.07) is 7.41. The molecule has 2 aliphatic heterocycles. The van der Waals surface area contributed by atoms with Crippen molar-refractivity contribution in [3.05, 3.63) is 29.8 Å². The van der Waals surface area contributed by atoms with Crippen LogP contribution >= 0.6 is 0 Å². The third-order valence-corrected chi connectivity index (χ3v) is 9.10. The van der Waals surface area contributed by atoms with Crippen LogP contribution < -0.4 is 0 Å². The fraction of sp³-hybridized carbons (Fsp3) is 0.696. The lowest BCUT2D eigenvalue weighted by Crippen LogP contribution is -2.55. The quantitative estimate of drug-likeness (QED) is 0.716. The maximum atomic E-state index is 13.1. The smallest absolute Gasteiger partial charge is 0.243 e. The van der Waals surface area contributed by atoms with Crippen molar-refractivity contribution in [2.24, 2.45) is 0 Å². The molecule has 1 aromatic carbocycles. The van der Waals surface area contributed by atoms with Crippen LogP contribution in [0.25, 0.3) is 0 Å². The van der Waals surface area contributed by atoms with E-state index in [9.17, 15) is 13.2 Å². The van der Waals surface area contributed by atoms with E-state index in [1.165, 1.54) is 37.7 Å². The molecule has 0 unspecified atom stereocenters. The van der Waals surface area contributed by atoms with E-state index in [-0.39, 0.29) is 11.9 Å². The molecule has 4 rings (SSSR count). The summed E-state index contributed by atoms with van der Waals surface area (Å²) in [7, 11) is -3.48. The molecule has 1 aromatic rings. The molecule has 0 N–H and O–H groups in total. The lowest BCUT2D eigenvalue weighted by Gasteiger charge is -2.37. The van der Waals surface area contributed by atoms with E-state index in [4.69, 9.17) is 0 Å². The number of amides is 1. The zero-order chi connectivity index (χ0) is 21.1. The van der Waals surface area contributed by atoms with Gasteiger partial charge in [-0.3, -0.25) is 9.69 Å². The summed E-state index contributed by atoms with van der Waals surface area (Å²) in [5, 5.41) is 0. The molecule has 30 heavy (non-hydrogen) atoms. The zero-order valence-electron chi connectivity index (χ0n) is 18.1. The molecule has 3 fully saturated rings. The minimum Gasteiger partial charge on any atom is -0.341 e. The predicted molar refractivity (Wildman–Crippen MR) is 118 cm³/mol. The van der Waals surface area contributed by atoms with Crippen molar-refractivity contribution in [1.29, 1.82) is 0 Å². The standard InChI is InChI=1S/C23H35N3O3S/c1-19(23(27)25-13-5-6-14-25)24-15-17-26(18-16-24)30(28,29)22-11-9-21(10-12-22)20-7-3-2-4-8-20/h9-12,19-20H,2-8,13-18H2,1H3/t19-/m1/s1. The highest BCUT2D eigenvalue weighted by atomic mass is 32.2. The number of likely N-dealkylation sites (tertiary alicyclic amines) is 1. The summed E-state index contributed by atoms with van der Waals surface area (Å²) in [5.41, 5.74) is 1.27. The molecule has 0 aromatic heterocycles. The van der Waals surface area contributed by atoms with Crippen LogP contribution in [-0.2, 0) is 14.8 Å². The average Bonchev–Trinajstić information content (AvgIpc) is 3.34. The van der Waals surface area contributed by atoms with Gasteiger partial charge in [-0.2, -0.15) is 4.31 Å². The van der Waals surface area contributed by atoms with Crippen molar-refractivity contribution in [3.63, 3.8) is 0 Å². The Morgan fingerprint density at radius 1 is 0.867 bits per heavy atom. The lowest BCUT2D eigenvalue weighted by molar-refractivity contribution is -0.135. The Hall–Kier alpha value is -1.44. The van der Waals surface area contributed by atoms with E-state index in [2.05, 4.69) is 4.90 Å². The predicted octanol–water partition coefficient (Wildman–Crippen LogP) is 3.05. The van der Waals surface area contributed by atoms with Gasteiger partial charge in [-0.05, 0) is 56.2 Å². The average molecular weight is 434 g/mol. The fourth-order valence-electron chi connectivity index (χ4n) is 5.19. The Kier molecular flexibility index (Phi) is 6.80. The second kappa shape index (κ2) is 9.37. The van der Waals surface area contributed by atoms with Gasteiger partial charge in [0.25, 0.3) is 0 Å². The number of hydrogen-bond acceptors (Lipinski definition) is 4. The fourth-order valence-corrected chi connectivity index (χ4v) is 6.61. The molecular weight excluding hydrogens is 398 g/mol. The van der Waals surface area contributed by atoms with Gasteiger partial charge in [0.15, 0.2) is 0 Å². The molecule has 6 nitrogen and oxygen atoms in total. The van der Waals surface area contributed by atoms with Crippen LogP contribution in [-0.4, -0.2) is 73.7 Å². The van der Waals surface area contributed by atoms with E-state index in [1.807, 2.05) is 24.0 Å². The number of rotatable bonds is 5. The van der Waals surface area contributed by atoms with Crippen molar-refractivity contribution in [2.45, 2.75) is 68.7 Å². The molecule has 7 heteroatoms. The molecule has 2 saturated heterocycles. The van der Waals surface area contributed by atoms with Crippen molar-refractivity contribution in [2.75, 3.05) is 39.3 Å². The number of hydrogen-bond donors (Lipinski definition) is 0. The molecule has 0 bridgehead atoms. The van der Waals surface area contributed by atoms with Gasteiger partial charge in [0.05, 0.1) is 10.9 Å². The first-order chi connectivity index (χ1) is 14.5. The van der Waals surface area contributed by atoms with E-state index in [0.29, 0.717) is 37.0 Å². The zero-order valence-corrected chi connectivity index (χ0v) is 18.9. The highest BCUT2D eigenvalue weighted by Gasteiger charge is 2.33. The van der Waals surface area contributed by atoms with E-state index >= 15 is 0 Å². The summed E-state index contributed by atoms with van der Waals surface area (Å²) in [6.07, 6.45) is 8.46. The van der Waals surface area contributed by atoms with Crippen molar-refractivity contribution >= 4 is 15.9 Å². The van der Waals surface area contributed by atoms with Gasteiger partial charge < -0.3 is 4.90 Å². The summed E-state index contributed by atoms with van der Waals surface area (Å²) < 4.78 is 27.8. The summed E-state index contributed by atoms with van der Waals surface area (Å²) in [4.78, 5) is 17.1. The molecule has 2 heterocycles. The summed E-state index contributed by atoms with van der Waals surface area (Å²) >= 11 is 0. The Bertz CT molecular complexity index is 820. The molecular formula is C23H35N3O3S. The van der Waals surface area contributed by atoms with Gasteiger partial charge in [0, 0.05) is 39.3 Å². The highest BCUT2D eigenvalue weighted by molar-refractivity contribution is 7.89. The molecule has 1 saturated carbocycles. The molecule has 3 aliphatic rings. The lowest BCUT2D eigenvalue weighted by atomic mass is 9.84. The van der Waals surface area contributed by atoms with E-state index < -0.39 is 10.0 Å². The van der Waals surface area contributed by atoms with E-state index in [1.54, 1.807) is 16.4 Å². The Morgan fingerprint density at radius 2 is 1.47 bits per heavy atom. The van der Waals surface area contributed by atoms with Crippen molar-refractivity contribution in [1.82, 2.24) is 14.1 Å². The first kappa shape index (κ1) is 21.8. The van der Waals surface area contributed by atoms with Gasteiger partial charge in [0.2, 0.25) is 15.9 Å². The number of sulfonamides is 1. The number of nitrogens with zero attached hydrogens (tertiary/aromatic N) is 3. The Morgan fingerprint density at radius 3 is 2.07 bits per heavy atom. The third-order valence-electron chi connectivity index (χ3n) is 7.19.